The monoisotopic (exact) mass is 306 g/mol. The van der Waals surface area contributed by atoms with Crippen molar-refractivity contribution in [3.05, 3.63) is 11.6 Å². The number of aliphatic hydroxyl groups excluding tert-OH is 3. The lowest BCUT2D eigenvalue weighted by Gasteiger charge is -2.54. The molecule has 0 aromatic carbocycles. The molecule has 0 saturated heterocycles. The maximum atomic E-state index is 10.8. The van der Waals surface area contributed by atoms with Gasteiger partial charge >= 0.3 is 0 Å². The average Bonchev–Trinajstić information content (AvgIpc) is 2.70. The molecule has 4 aliphatic rings. The Hall–Kier alpha value is -0.380. The second-order valence-electron chi connectivity index (χ2n) is 8.82. The van der Waals surface area contributed by atoms with Crippen LogP contribution in [0.2, 0.25) is 0 Å². The summed E-state index contributed by atoms with van der Waals surface area (Å²) in [5.41, 5.74) is 1.30. The van der Waals surface area contributed by atoms with Gasteiger partial charge in [-0.15, -0.1) is 0 Å². The molecule has 0 heterocycles. The molecule has 0 aromatic rings. The Labute approximate surface area is 133 Å². The van der Waals surface area contributed by atoms with E-state index in [1.165, 1.54) is 5.57 Å². The van der Waals surface area contributed by atoms with Crippen LogP contribution in [-0.2, 0) is 0 Å². The number of fused-ring (bicyclic) bond motifs is 5. The van der Waals surface area contributed by atoms with Crippen LogP contribution in [0.5, 0.6) is 0 Å². The van der Waals surface area contributed by atoms with Gasteiger partial charge in [-0.05, 0) is 73.5 Å². The normalized spacial score (nSPS) is 57.6. The molecule has 4 unspecified atom stereocenters. The zero-order chi connectivity index (χ0) is 15.6. The highest BCUT2D eigenvalue weighted by Crippen LogP contribution is 2.62. The fourth-order valence-electron chi connectivity index (χ4n) is 6.62. The van der Waals surface area contributed by atoms with Crippen LogP contribution in [0.1, 0.15) is 52.4 Å². The summed E-state index contributed by atoms with van der Waals surface area (Å²) >= 11 is 0. The third-order valence-electron chi connectivity index (χ3n) is 7.72. The predicted molar refractivity (Wildman–Crippen MR) is 85.0 cm³/mol. The molecule has 0 radical (unpaired) electrons. The second kappa shape index (κ2) is 5.06. The summed E-state index contributed by atoms with van der Waals surface area (Å²) in [6.45, 7) is 4.41. The summed E-state index contributed by atoms with van der Waals surface area (Å²) in [4.78, 5) is 0. The van der Waals surface area contributed by atoms with E-state index in [2.05, 4.69) is 19.9 Å². The van der Waals surface area contributed by atoms with Crippen molar-refractivity contribution in [1.29, 1.82) is 0 Å². The molecule has 3 nitrogen and oxygen atoms in total. The fraction of sp³-hybridized carbons (Fsp3) is 0.895. The van der Waals surface area contributed by atoms with Crippen molar-refractivity contribution in [3.63, 3.8) is 0 Å². The van der Waals surface area contributed by atoms with Gasteiger partial charge in [-0.2, -0.15) is 0 Å². The van der Waals surface area contributed by atoms with Gasteiger partial charge < -0.3 is 15.3 Å². The maximum Gasteiger partial charge on any atom is 0.0757 e. The fourth-order valence-corrected chi connectivity index (χ4v) is 6.62. The van der Waals surface area contributed by atoms with Crippen LogP contribution >= 0.6 is 0 Å². The van der Waals surface area contributed by atoms with E-state index in [1.54, 1.807) is 0 Å². The van der Waals surface area contributed by atoms with E-state index in [4.69, 9.17) is 0 Å². The third kappa shape index (κ3) is 1.98. The molecule has 0 spiro atoms. The van der Waals surface area contributed by atoms with Gasteiger partial charge in [-0.25, -0.2) is 0 Å². The van der Waals surface area contributed by atoms with Crippen molar-refractivity contribution in [3.8, 4) is 0 Å². The smallest absolute Gasteiger partial charge is 0.0757 e. The minimum Gasteiger partial charge on any atom is -0.393 e. The zero-order valence-electron chi connectivity index (χ0n) is 13.8. The molecule has 3 heteroatoms. The Kier molecular flexibility index (Phi) is 3.49. The second-order valence-corrected chi connectivity index (χ2v) is 8.82. The minimum absolute atomic E-state index is 0.0128. The SMILES string of the molecule is C[C@@H]1CC2C3C(O)C=C4C[C@H](O)CC[C@@H]4C3CC[C@]2(C)[C@H]1O. The third-order valence-corrected chi connectivity index (χ3v) is 7.72. The summed E-state index contributed by atoms with van der Waals surface area (Å²) in [5.74, 6) is 2.21. The van der Waals surface area contributed by atoms with E-state index in [-0.39, 0.29) is 23.7 Å². The first-order chi connectivity index (χ1) is 10.4. The van der Waals surface area contributed by atoms with Gasteiger partial charge in [0.2, 0.25) is 0 Å². The van der Waals surface area contributed by atoms with E-state index < -0.39 is 0 Å². The molecule has 22 heavy (non-hydrogen) atoms. The lowest BCUT2D eigenvalue weighted by molar-refractivity contribution is -0.0870. The van der Waals surface area contributed by atoms with Crippen molar-refractivity contribution in [2.24, 2.45) is 35.0 Å². The van der Waals surface area contributed by atoms with Crippen LogP contribution in [0.25, 0.3) is 0 Å². The summed E-state index contributed by atoms with van der Waals surface area (Å²) < 4.78 is 0. The first-order valence-electron chi connectivity index (χ1n) is 9.16. The number of aliphatic hydroxyl groups is 3. The molecule has 0 bridgehead atoms. The van der Waals surface area contributed by atoms with Crippen LogP contribution in [0.4, 0.5) is 0 Å². The molecule has 3 fully saturated rings. The maximum absolute atomic E-state index is 10.8. The molecule has 9 atom stereocenters. The predicted octanol–water partition coefficient (Wildman–Crippen LogP) is 2.50. The number of rotatable bonds is 0. The molecule has 0 aliphatic heterocycles. The molecule has 4 rings (SSSR count). The van der Waals surface area contributed by atoms with E-state index in [0.717, 1.165) is 38.5 Å². The van der Waals surface area contributed by atoms with Crippen molar-refractivity contribution in [2.45, 2.75) is 70.7 Å². The van der Waals surface area contributed by atoms with Gasteiger partial charge in [-0.1, -0.05) is 25.5 Å². The molecule has 0 amide bonds. The van der Waals surface area contributed by atoms with Crippen LogP contribution < -0.4 is 0 Å². The van der Waals surface area contributed by atoms with Crippen LogP contribution in [0, 0.1) is 35.0 Å². The summed E-state index contributed by atoms with van der Waals surface area (Å²) in [5, 5.41) is 31.4. The summed E-state index contributed by atoms with van der Waals surface area (Å²) in [6, 6.07) is 0. The van der Waals surface area contributed by atoms with Crippen LogP contribution in [-0.4, -0.2) is 33.6 Å². The van der Waals surface area contributed by atoms with Crippen molar-refractivity contribution in [1.82, 2.24) is 0 Å². The van der Waals surface area contributed by atoms with Crippen molar-refractivity contribution in [2.75, 3.05) is 0 Å². The van der Waals surface area contributed by atoms with Crippen LogP contribution in [0.15, 0.2) is 11.6 Å². The van der Waals surface area contributed by atoms with E-state index in [1.807, 2.05) is 0 Å². The molecule has 4 aliphatic carbocycles. The Morgan fingerprint density at radius 2 is 1.91 bits per heavy atom. The molecule has 3 saturated carbocycles. The highest BCUT2D eigenvalue weighted by molar-refractivity contribution is 5.23. The van der Waals surface area contributed by atoms with Gasteiger partial charge in [0, 0.05) is 0 Å². The average molecular weight is 306 g/mol. The Balaban J connectivity index is 1.68. The number of hydrogen-bond acceptors (Lipinski definition) is 3. The highest BCUT2D eigenvalue weighted by Gasteiger charge is 2.59. The first-order valence-corrected chi connectivity index (χ1v) is 9.16. The minimum atomic E-state index is -0.385. The standard InChI is InChI=1S/C19H30O3/c1-10-7-15-17-14(5-6-19(15,2)18(10)22)13-4-3-12(20)8-11(13)9-16(17)21/h9-10,12-18,20-22H,3-8H2,1-2H3/t10-,12-,13+,14?,15?,16?,17?,18+,19+/m1/s1. The summed E-state index contributed by atoms with van der Waals surface area (Å²) in [6.07, 6.45) is 7.24. The largest absolute Gasteiger partial charge is 0.393 e. The van der Waals surface area contributed by atoms with Gasteiger partial charge in [0.05, 0.1) is 18.3 Å². The molecular weight excluding hydrogens is 276 g/mol. The molecule has 3 N–H and O–H groups in total. The quantitative estimate of drug-likeness (QED) is 0.603. The van der Waals surface area contributed by atoms with E-state index >= 15 is 0 Å². The van der Waals surface area contributed by atoms with Gasteiger partial charge in [0.1, 0.15) is 0 Å². The van der Waals surface area contributed by atoms with E-state index in [0.29, 0.717) is 29.6 Å². The summed E-state index contributed by atoms with van der Waals surface area (Å²) in [7, 11) is 0. The van der Waals surface area contributed by atoms with Crippen LogP contribution in [0.3, 0.4) is 0 Å². The highest BCUT2D eigenvalue weighted by atomic mass is 16.3. The topological polar surface area (TPSA) is 60.7 Å². The van der Waals surface area contributed by atoms with Gasteiger partial charge in [0.15, 0.2) is 0 Å². The molecule has 0 aromatic heterocycles. The zero-order valence-corrected chi connectivity index (χ0v) is 13.8. The van der Waals surface area contributed by atoms with Gasteiger partial charge in [0.25, 0.3) is 0 Å². The molecule has 124 valence electrons. The molecular formula is C19H30O3. The lowest BCUT2D eigenvalue weighted by Crippen LogP contribution is -2.51. The Bertz CT molecular complexity index is 487. The number of hydrogen-bond donors (Lipinski definition) is 3. The Morgan fingerprint density at radius 1 is 1.14 bits per heavy atom. The van der Waals surface area contributed by atoms with E-state index in [9.17, 15) is 15.3 Å². The lowest BCUT2D eigenvalue weighted by atomic mass is 9.52. The first kappa shape index (κ1) is 15.2. The Morgan fingerprint density at radius 3 is 2.68 bits per heavy atom. The van der Waals surface area contributed by atoms with Crippen molar-refractivity contribution >= 4 is 0 Å². The van der Waals surface area contributed by atoms with Crippen molar-refractivity contribution < 1.29 is 15.3 Å². The van der Waals surface area contributed by atoms with Gasteiger partial charge in [-0.3, -0.25) is 0 Å².